The first-order valence-electron chi connectivity index (χ1n) is 16.1. The molecule has 0 saturated heterocycles. The Kier molecular flexibility index (Phi) is 6.41. The molecule has 0 unspecified atom stereocenters. The average molecular weight is 620 g/mol. The van der Waals surface area contributed by atoms with Gasteiger partial charge in [0.05, 0.1) is 47.6 Å². The maximum Gasteiger partial charge on any atom is 0.149 e. The van der Waals surface area contributed by atoms with Crippen LogP contribution in [-0.2, 0) is 0 Å². The van der Waals surface area contributed by atoms with Gasteiger partial charge in [-0.15, -0.1) is 0 Å². The second-order valence-corrected chi connectivity index (χ2v) is 19.1. The van der Waals surface area contributed by atoms with Crippen molar-refractivity contribution in [2.24, 2.45) is 0 Å². The second-order valence-electron chi connectivity index (χ2n) is 14.1. The third-order valence-corrected chi connectivity index (χ3v) is 11.3. The molecule has 7 heteroatoms. The van der Waals surface area contributed by atoms with E-state index < -0.39 is 8.07 Å². The number of rotatable bonds is 5. The van der Waals surface area contributed by atoms with Crippen LogP contribution < -0.4 is 5.19 Å². The van der Waals surface area contributed by atoms with Crippen LogP contribution in [-0.4, -0.2) is 32.6 Å². The zero-order valence-corrected chi connectivity index (χ0v) is 28.4. The molecule has 6 nitrogen and oxygen atoms in total. The monoisotopic (exact) mass is 619 g/mol. The smallest absolute Gasteiger partial charge is 0.149 e. The standard InChI is InChI=1S/C39H37N5OSi/c1-22(2)27-15-24(46(5,6)7)16-28(23(3)4)37(27)44-35-14-9-8-13-32(35)43-39(44)26-12-10-11-25-30-17-33-29(18-36(30)45-38(25)26)31-19-40-21-42-34(31)20-41-33/h8-23H,1-7H3. The first kappa shape index (κ1) is 28.6. The first-order valence-corrected chi connectivity index (χ1v) is 19.6. The Balaban J connectivity index is 1.46. The Labute approximate surface area is 269 Å². The fourth-order valence-electron chi connectivity index (χ4n) is 6.80. The normalized spacial score (nSPS) is 12.6. The fourth-order valence-corrected chi connectivity index (χ4v) is 7.97. The van der Waals surface area contributed by atoms with Gasteiger partial charge < -0.3 is 4.42 Å². The lowest BCUT2D eigenvalue weighted by molar-refractivity contribution is 0.670. The van der Waals surface area contributed by atoms with Crippen LogP contribution in [0.1, 0.15) is 50.7 Å². The molecular weight excluding hydrogens is 583 g/mol. The molecule has 4 aromatic heterocycles. The molecule has 228 valence electrons. The first-order chi connectivity index (χ1) is 22.1. The average Bonchev–Trinajstić information content (AvgIpc) is 3.60. The lowest BCUT2D eigenvalue weighted by Gasteiger charge is -2.27. The van der Waals surface area contributed by atoms with Gasteiger partial charge in [0.2, 0.25) is 0 Å². The van der Waals surface area contributed by atoms with Gasteiger partial charge in [-0.1, -0.05) is 88.9 Å². The lowest BCUT2D eigenvalue weighted by atomic mass is 9.92. The van der Waals surface area contributed by atoms with Crippen molar-refractivity contribution in [2.75, 3.05) is 0 Å². The highest BCUT2D eigenvalue weighted by Gasteiger charge is 2.27. The van der Waals surface area contributed by atoms with Crippen molar-refractivity contribution >= 4 is 68.0 Å². The molecular formula is C39H37N5OSi. The van der Waals surface area contributed by atoms with E-state index in [-0.39, 0.29) is 0 Å². The van der Waals surface area contributed by atoms with Crippen molar-refractivity contribution in [1.29, 1.82) is 0 Å². The van der Waals surface area contributed by atoms with Crippen molar-refractivity contribution in [2.45, 2.75) is 59.2 Å². The Hall–Kier alpha value is -4.88. The molecule has 0 spiro atoms. The maximum atomic E-state index is 6.78. The van der Waals surface area contributed by atoms with E-state index in [4.69, 9.17) is 14.4 Å². The molecule has 4 heterocycles. The van der Waals surface area contributed by atoms with E-state index in [1.165, 1.54) is 22.0 Å². The number of benzene rings is 4. The van der Waals surface area contributed by atoms with E-state index in [0.717, 1.165) is 66.2 Å². The molecule has 4 aromatic carbocycles. The Morgan fingerprint density at radius 2 is 1.46 bits per heavy atom. The van der Waals surface area contributed by atoms with Crippen LogP contribution in [0.15, 0.2) is 89.9 Å². The van der Waals surface area contributed by atoms with Crippen molar-refractivity contribution in [3.8, 4) is 17.1 Å². The molecule has 0 aliphatic carbocycles. The summed E-state index contributed by atoms with van der Waals surface area (Å²) in [4.78, 5) is 18.8. The van der Waals surface area contributed by atoms with Gasteiger partial charge in [-0.3, -0.25) is 9.55 Å². The quantitative estimate of drug-likeness (QED) is 0.142. The molecule has 0 aliphatic heterocycles. The number of fused-ring (bicyclic) bond motifs is 7. The molecule has 0 N–H and O–H groups in total. The third-order valence-electron chi connectivity index (χ3n) is 9.28. The molecule has 0 bridgehead atoms. The van der Waals surface area contributed by atoms with Crippen molar-refractivity contribution in [3.05, 3.63) is 96.6 Å². The highest BCUT2D eigenvalue weighted by Crippen LogP contribution is 2.42. The van der Waals surface area contributed by atoms with E-state index in [2.05, 4.69) is 129 Å². The summed E-state index contributed by atoms with van der Waals surface area (Å²) >= 11 is 0. The van der Waals surface area contributed by atoms with Crippen LogP contribution in [0, 0.1) is 0 Å². The van der Waals surface area contributed by atoms with Crippen LogP contribution in [0.3, 0.4) is 0 Å². The molecule has 0 atom stereocenters. The number of aromatic nitrogens is 5. The SMILES string of the molecule is CC(C)c1cc([Si](C)(C)C)cc(C(C)C)c1-n1c(-c2cccc3c2oc2cc4c(cc23)ncc2ncncc24)nc2ccccc21. The predicted octanol–water partition coefficient (Wildman–Crippen LogP) is 9.88. The summed E-state index contributed by atoms with van der Waals surface area (Å²) in [6, 6.07) is 24.0. The Bertz CT molecular complexity index is 2450. The molecule has 8 aromatic rings. The van der Waals surface area contributed by atoms with E-state index in [1.54, 1.807) is 6.33 Å². The van der Waals surface area contributed by atoms with Gasteiger partial charge in [-0.2, -0.15) is 0 Å². The summed E-state index contributed by atoms with van der Waals surface area (Å²) in [5, 5.41) is 5.50. The van der Waals surface area contributed by atoms with Gasteiger partial charge >= 0.3 is 0 Å². The molecule has 46 heavy (non-hydrogen) atoms. The van der Waals surface area contributed by atoms with Crippen molar-refractivity contribution in [1.82, 2.24) is 24.5 Å². The topological polar surface area (TPSA) is 69.6 Å². The number of imidazole rings is 1. The number of para-hydroxylation sites is 3. The van der Waals surface area contributed by atoms with E-state index in [9.17, 15) is 0 Å². The summed E-state index contributed by atoms with van der Waals surface area (Å²) in [6.07, 6.45) is 5.22. The van der Waals surface area contributed by atoms with Crippen LogP contribution in [0.25, 0.3) is 71.9 Å². The molecule has 8 rings (SSSR count). The molecule has 0 saturated carbocycles. The summed E-state index contributed by atoms with van der Waals surface area (Å²) in [5.74, 6) is 1.55. The highest BCUT2D eigenvalue weighted by atomic mass is 28.3. The zero-order valence-electron chi connectivity index (χ0n) is 27.4. The van der Waals surface area contributed by atoms with E-state index in [1.807, 2.05) is 12.4 Å². The fraction of sp³-hybridized carbons (Fsp3) is 0.231. The zero-order chi connectivity index (χ0) is 31.9. The van der Waals surface area contributed by atoms with Crippen LogP contribution in [0.4, 0.5) is 0 Å². The molecule has 0 aliphatic rings. The number of furan rings is 1. The van der Waals surface area contributed by atoms with Gasteiger partial charge in [0.15, 0.2) is 0 Å². The van der Waals surface area contributed by atoms with Crippen molar-refractivity contribution in [3.63, 3.8) is 0 Å². The molecule has 0 radical (unpaired) electrons. The number of hydrogen-bond donors (Lipinski definition) is 0. The Morgan fingerprint density at radius 3 is 2.20 bits per heavy atom. The van der Waals surface area contributed by atoms with Crippen LogP contribution in [0.2, 0.25) is 19.6 Å². The minimum atomic E-state index is -1.57. The van der Waals surface area contributed by atoms with Gasteiger partial charge in [0, 0.05) is 27.7 Å². The summed E-state index contributed by atoms with van der Waals surface area (Å²) in [7, 11) is -1.57. The minimum Gasteiger partial charge on any atom is -0.455 e. The van der Waals surface area contributed by atoms with E-state index >= 15 is 0 Å². The predicted molar refractivity (Wildman–Crippen MR) is 193 cm³/mol. The largest absolute Gasteiger partial charge is 0.455 e. The number of nitrogens with zero attached hydrogens (tertiary/aromatic N) is 5. The van der Waals surface area contributed by atoms with Gasteiger partial charge in [-0.05, 0) is 53.3 Å². The highest BCUT2D eigenvalue weighted by molar-refractivity contribution is 6.88. The second kappa shape index (κ2) is 10.3. The lowest BCUT2D eigenvalue weighted by Crippen LogP contribution is -2.38. The van der Waals surface area contributed by atoms with Gasteiger partial charge in [0.1, 0.15) is 23.3 Å². The van der Waals surface area contributed by atoms with Crippen LogP contribution in [0.5, 0.6) is 0 Å². The third kappa shape index (κ3) is 4.36. The molecule has 0 amide bonds. The number of hydrogen-bond acceptors (Lipinski definition) is 5. The number of pyridine rings is 1. The molecule has 0 fully saturated rings. The summed E-state index contributed by atoms with van der Waals surface area (Å²) in [6.45, 7) is 16.5. The summed E-state index contributed by atoms with van der Waals surface area (Å²) < 4.78 is 9.19. The maximum absolute atomic E-state index is 6.78. The minimum absolute atomic E-state index is 0.332. The van der Waals surface area contributed by atoms with Gasteiger partial charge in [-0.25, -0.2) is 15.0 Å². The van der Waals surface area contributed by atoms with Gasteiger partial charge in [0.25, 0.3) is 0 Å². The van der Waals surface area contributed by atoms with Crippen molar-refractivity contribution < 1.29 is 4.42 Å². The Morgan fingerprint density at radius 1 is 0.696 bits per heavy atom. The van der Waals surface area contributed by atoms with E-state index in [0.29, 0.717) is 11.8 Å². The van der Waals surface area contributed by atoms with Crippen LogP contribution >= 0.6 is 0 Å². The summed E-state index contributed by atoms with van der Waals surface area (Å²) in [5.41, 5.74) is 10.3.